The summed E-state index contributed by atoms with van der Waals surface area (Å²) in [7, 11) is 0. The van der Waals surface area contributed by atoms with Gasteiger partial charge < -0.3 is 10.8 Å². The Morgan fingerprint density at radius 1 is 1.23 bits per heavy atom. The minimum absolute atomic E-state index is 0.107. The van der Waals surface area contributed by atoms with E-state index in [2.05, 4.69) is 0 Å². The van der Waals surface area contributed by atoms with Crippen molar-refractivity contribution in [1.82, 2.24) is 0 Å². The Kier molecular flexibility index (Phi) is 3.33. The van der Waals surface area contributed by atoms with E-state index in [1.54, 1.807) is 6.07 Å². The number of alkyl halides is 2. The van der Waals surface area contributed by atoms with Crippen molar-refractivity contribution in [1.29, 1.82) is 0 Å². The highest BCUT2D eigenvalue weighted by Crippen LogP contribution is 2.25. The van der Waals surface area contributed by atoms with Gasteiger partial charge in [-0.3, -0.25) is 0 Å². The lowest BCUT2D eigenvalue weighted by Crippen LogP contribution is -2.16. The molecule has 0 heterocycles. The van der Waals surface area contributed by atoms with Crippen LogP contribution in [-0.2, 0) is 0 Å². The van der Waals surface area contributed by atoms with Gasteiger partial charge >= 0.3 is 0 Å². The smallest absolute Gasteiger partial charge is 0.264 e. The Balaban J connectivity index is 3.04. The molecule has 0 aliphatic heterocycles. The standard InChI is InChI=1S/C9H11F2NO/c10-9(11)7-4-2-1-3-6(7)8(12)5-13/h1-4,8-9,13H,5,12H2/t8-/m1/s1. The third kappa shape index (κ3) is 2.23. The second kappa shape index (κ2) is 4.30. The van der Waals surface area contributed by atoms with Gasteiger partial charge in [-0.2, -0.15) is 0 Å². The summed E-state index contributed by atoms with van der Waals surface area (Å²) in [5.41, 5.74) is 5.65. The van der Waals surface area contributed by atoms with E-state index in [1.807, 2.05) is 0 Å². The summed E-state index contributed by atoms with van der Waals surface area (Å²) in [6.45, 7) is -0.330. The van der Waals surface area contributed by atoms with Crippen LogP contribution in [0, 0.1) is 0 Å². The van der Waals surface area contributed by atoms with E-state index in [1.165, 1.54) is 18.2 Å². The van der Waals surface area contributed by atoms with Gasteiger partial charge in [0.25, 0.3) is 6.43 Å². The summed E-state index contributed by atoms with van der Waals surface area (Å²) in [6.07, 6.45) is -2.55. The Bertz CT molecular complexity index is 278. The monoisotopic (exact) mass is 187 g/mol. The lowest BCUT2D eigenvalue weighted by molar-refractivity contribution is 0.148. The molecule has 1 aromatic carbocycles. The molecule has 0 saturated heterocycles. The molecule has 0 aliphatic carbocycles. The maximum Gasteiger partial charge on any atom is 0.264 e. The number of aliphatic hydroxyl groups is 1. The van der Waals surface area contributed by atoms with Crippen LogP contribution in [0.15, 0.2) is 24.3 Å². The summed E-state index contributed by atoms with van der Waals surface area (Å²) in [5.74, 6) is 0. The van der Waals surface area contributed by atoms with Gasteiger partial charge in [0.1, 0.15) is 0 Å². The molecule has 0 amide bonds. The van der Waals surface area contributed by atoms with Crippen molar-refractivity contribution in [3.05, 3.63) is 35.4 Å². The van der Waals surface area contributed by atoms with E-state index in [0.717, 1.165) is 0 Å². The van der Waals surface area contributed by atoms with Crippen molar-refractivity contribution in [3.8, 4) is 0 Å². The maximum atomic E-state index is 12.4. The van der Waals surface area contributed by atoms with E-state index < -0.39 is 12.5 Å². The molecule has 1 aromatic rings. The van der Waals surface area contributed by atoms with Crippen LogP contribution in [0.4, 0.5) is 8.78 Å². The average Bonchev–Trinajstić information content (AvgIpc) is 2.16. The topological polar surface area (TPSA) is 46.2 Å². The SMILES string of the molecule is N[C@H](CO)c1ccccc1C(F)F. The van der Waals surface area contributed by atoms with Crippen molar-refractivity contribution < 1.29 is 13.9 Å². The van der Waals surface area contributed by atoms with E-state index in [0.29, 0.717) is 5.56 Å². The molecule has 13 heavy (non-hydrogen) atoms. The first-order valence-corrected chi connectivity index (χ1v) is 3.90. The molecule has 0 saturated carbocycles. The lowest BCUT2D eigenvalue weighted by Gasteiger charge is -2.13. The number of nitrogens with two attached hydrogens (primary N) is 1. The molecular formula is C9H11F2NO. The molecular weight excluding hydrogens is 176 g/mol. The van der Waals surface area contributed by atoms with Crippen molar-refractivity contribution in [2.45, 2.75) is 12.5 Å². The van der Waals surface area contributed by atoms with Gasteiger partial charge in [-0.25, -0.2) is 8.78 Å². The van der Waals surface area contributed by atoms with Crippen LogP contribution in [0.1, 0.15) is 23.6 Å². The Morgan fingerprint density at radius 3 is 2.23 bits per heavy atom. The average molecular weight is 187 g/mol. The predicted molar refractivity (Wildman–Crippen MR) is 45.4 cm³/mol. The van der Waals surface area contributed by atoms with Crippen LogP contribution in [0.2, 0.25) is 0 Å². The minimum atomic E-state index is -2.55. The third-order valence-corrected chi connectivity index (χ3v) is 1.83. The molecule has 2 nitrogen and oxygen atoms in total. The molecule has 4 heteroatoms. The van der Waals surface area contributed by atoms with Crippen molar-refractivity contribution in [3.63, 3.8) is 0 Å². The quantitative estimate of drug-likeness (QED) is 0.755. The van der Waals surface area contributed by atoms with Crippen LogP contribution in [0.3, 0.4) is 0 Å². The molecule has 1 atom stereocenters. The van der Waals surface area contributed by atoms with Gasteiger partial charge in [-0.1, -0.05) is 24.3 Å². The molecule has 0 unspecified atom stereocenters. The fourth-order valence-electron chi connectivity index (χ4n) is 1.15. The lowest BCUT2D eigenvalue weighted by atomic mass is 10.0. The molecule has 0 aliphatic rings. The van der Waals surface area contributed by atoms with Crippen molar-refractivity contribution in [2.24, 2.45) is 5.73 Å². The van der Waals surface area contributed by atoms with E-state index in [-0.39, 0.29) is 12.2 Å². The van der Waals surface area contributed by atoms with E-state index in [4.69, 9.17) is 10.8 Å². The second-order valence-electron chi connectivity index (χ2n) is 2.72. The Hall–Kier alpha value is -1.00. The first-order chi connectivity index (χ1) is 6.16. The van der Waals surface area contributed by atoms with E-state index >= 15 is 0 Å². The number of rotatable bonds is 3. The van der Waals surface area contributed by atoms with E-state index in [9.17, 15) is 8.78 Å². The van der Waals surface area contributed by atoms with Crippen LogP contribution < -0.4 is 5.73 Å². The number of benzene rings is 1. The van der Waals surface area contributed by atoms with Crippen LogP contribution >= 0.6 is 0 Å². The zero-order valence-corrected chi connectivity index (χ0v) is 6.95. The predicted octanol–water partition coefficient (Wildman–Crippen LogP) is 1.62. The molecule has 1 rings (SSSR count). The van der Waals surface area contributed by atoms with Gasteiger partial charge in [0.05, 0.1) is 12.6 Å². The van der Waals surface area contributed by atoms with Gasteiger partial charge in [0.15, 0.2) is 0 Å². The summed E-state index contributed by atoms with van der Waals surface area (Å²) in [4.78, 5) is 0. The molecule has 0 bridgehead atoms. The maximum absolute atomic E-state index is 12.4. The van der Waals surface area contributed by atoms with Crippen molar-refractivity contribution >= 4 is 0 Å². The molecule has 3 N–H and O–H groups in total. The first kappa shape index (κ1) is 10.1. The first-order valence-electron chi connectivity index (χ1n) is 3.90. The number of halogens is 2. The Morgan fingerprint density at radius 2 is 1.77 bits per heavy atom. The number of hydrogen-bond acceptors (Lipinski definition) is 2. The zero-order chi connectivity index (χ0) is 9.84. The van der Waals surface area contributed by atoms with Gasteiger partial charge in [0, 0.05) is 5.56 Å². The molecule has 72 valence electrons. The molecule has 0 fully saturated rings. The van der Waals surface area contributed by atoms with Gasteiger partial charge in [0.2, 0.25) is 0 Å². The summed E-state index contributed by atoms with van der Waals surface area (Å²) >= 11 is 0. The summed E-state index contributed by atoms with van der Waals surface area (Å²) < 4.78 is 24.8. The molecule has 0 radical (unpaired) electrons. The van der Waals surface area contributed by atoms with Gasteiger partial charge in [-0.05, 0) is 5.56 Å². The molecule has 0 spiro atoms. The van der Waals surface area contributed by atoms with Crippen LogP contribution in [-0.4, -0.2) is 11.7 Å². The normalized spacial score (nSPS) is 13.3. The third-order valence-electron chi connectivity index (χ3n) is 1.83. The number of hydrogen-bond donors (Lipinski definition) is 2. The number of aliphatic hydroxyl groups excluding tert-OH is 1. The fourth-order valence-corrected chi connectivity index (χ4v) is 1.15. The van der Waals surface area contributed by atoms with Crippen molar-refractivity contribution in [2.75, 3.05) is 6.61 Å². The fraction of sp³-hybridized carbons (Fsp3) is 0.333. The highest BCUT2D eigenvalue weighted by atomic mass is 19.3. The zero-order valence-electron chi connectivity index (χ0n) is 6.95. The Labute approximate surface area is 75.0 Å². The highest BCUT2D eigenvalue weighted by Gasteiger charge is 2.15. The molecule has 0 aromatic heterocycles. The second-order valence-corrected chi connectivity index (χ2v) is 2.72. The minimum Gasteiger partial charge on any atom is -0.394 e. The highest BCUT2D eigenvalue weighted by molar-refractivity contribution is 5.30. The van der Waals surface area contributed by atoms with Crippen LogP contribution in [0.5, 0.6) is 0 Å². The van der Waals surface area contributed by atoms with Crippen LogP contribution in [0.25, 0.3) is 0 Å². The summed E-state index contributed by atoms with van der Waals surface area (Å²) in [6, 6.07) is 5.23. The largest absolute Gasteiger partial charge is 0.394 e. The summed E-state index contributed by atoms with van der Waals surface area (Å²) in [5, 5.41) is 8.72. The van der Waals surface area contributed by atoms with Gasteiger partial charge in [-0.15, -0.1) is 0 Å².